The van der Waals surface area contributed by atoms with Crippen LogP contribution in [0, 0.1) is 0 Å². The van der Waals surface area contributed by atoms with E-state index in [9.17, 15) is 4.79 Å². The van der Waals surface area contributed by atoms with Gasteiger partial charge in [0.05, 0.1) is 5.56 Å². The van der Waals surface area contributed by atoms with Crippen LogP contribution in [0.3, 0.4) is 0 Å². The van der Waals surface area contributed by atoms with E-state index in [0.29, 0.717) is 5.25 Å². The molecule has 0 radical (unpaired) electrons. The molecule has 0 atom stereocenters. The summed E-state index contributed by atoms with van der Waals surface area (Å²) in [6.07, 6.45) is 2.63. The second-order valence-corrected chi connectivity index (χ2v) is 7.40. The number of nitrogens with zero attached hydrogens (tertiary/aromatic N) is 1. The van der Waals surface area contributed by atoms with Crippen molar-refractivity contribution >= 4 is 17.7 Å². The van der Waals surface area contributed by atoms with Crippen molar-refractivity contribution in [2.24, 2.45) is 0 Å². The summed E-state index contributed by atoms with van der Waals surface area (Å²) >= 11 is 1.74. The molecule has 1 amide bonds. The topological polar surface area (TPSA) is 32.3 Å². The average Bonchev–Trinajstić information content (AvgIpc) is 3.28. The zero-order valence-corrected chi connectivity index (χ0v) is 14.1. The lowest BCUT2D eigenvalue weighted by atomic mass is 10.2. The van der Waals surface area contributed by atoms with Crippen LogP contribution in [0.15, 0.2) is 29.2 Å². The molecule has 116 valence electrons. The van der Waals surface area contributed by atoms with Gasteiger partial charge in [-0.05, 0) is 31.5 Å². The fraction of sp³-hybridized carbons (Fsp3) is 0.588. The highest BCUT2D eigenvalue weighted by Gasteiger charge is 2.27. The Morgan fingerprint density at radius 3 is 2.71 bits per heavy atom. The van der Waals surface area contributed by atoms with E-state index in [1.807, 2.05) is 24.3 Å². The van der Waals surface area contributed by atoms with Crippen LogP contribution in [0.5, 0.6) is 0 Å². The molecule has 4 heteroatoms. The quantitative estimate of drug-likeness (QED) is 0.747. The summed E-state index contributed by atoms with van der Waals surface area (Å²) in [5.74, 6) is 0.0469. The molecule has 1 fully saturated rings. The zero-order valence-electron chi connectivity index (χ0n) is 13.3. The van der Waals surface area contributed by atoms with Gasteiger partial charge in [0.15, 0.2) is 0 Å². The lowest BCUT2D eigenvalue weighted by Crippen LogP contribution is -2.36. The van der Waals surface area contributed by atoms with Gasteiger partial charge in [-0.15, -0.1) is 11.8 Å². The maximum Gasteiger partial charge on any atom is 0.252 e. The van der Waals surface area contributed by atoms with E-state index < -0.39 is 0 Å². The smallest absolute Gasteiger partial charge is 0.252 e. The Balaban J connectivity index is 1.87. The highest BCUT2D eigenvalue weighted by atomic mass is 32.2. The number of carbonyl (C=O) groups is 1. The van der Waals surface area contributed by atoms with Gasteiger partial charge in [-0.25, -0.2) is 0 Å². The summed E-state index contributed by atoms with van der Waals surface area (Å²) in [6, 6.07) is 8.63. The van der Waals surface area contributed by atoms with E-state index in [0.717, 1.165) is 36.1 Å². The van der Waals surface area contributed by atoms with Crippen LogP contribution in [0.2, 0.25) is 0 Å². The molecular weight excluding hydrogens is 280 g/mol. The van der Waals surface area contributed by atoms with E-state index in [1.165, 1.54) is 12.8 Å². The lowest BCUT2D eigenvalue weighted by molar-refractivity contribution is 0.0945. The van der Waals surface area contributed by atoms with Gasteiger partial charge in [-0.3, -0.25) is 9.69 Å². The van der Waals surface area contributed by atoms with Crippen LogP contribution in [0.25, 0.3) is 0 Å². The Hall–Kier alpha value is -1.00. The molecule has 0 aromatic heterocycles. The summed E-state index contributed by atoms with van der Waals surface area (Å²) in [6.45, 7) is 9.23. The van der Waals surface area contributed by atoms with Gasteiger partial charge >= 0.3 is 0 Å². The number of thioether (sulfide) groups is 1. The molecule has 0 bridgehead atoms. The number of likely N-dealkylation sites (N-methyl/N-ethyl adjacent to an activating group) is 1. The van der Waals surface area contributed by atoms with E-state index in [1.54, 1.807) is 11.8 Å². The molecule has 0 spiro atoms. The Kier molecular flexibility index (Phi) is 6.12. The third-order valence-corrected chi connectivity index (χ3v) is 4.73. The molecule has 1 aromatic carbocycles. The van der Waals surface area contributed by atoms with Crippen molar-refractivity contribution in [3.8, 4) is 0 Å². The molecule has 21 heavy (non-hydrogen) atoms. The minimum Gasteiger partial charge on any atom is -0.351 e. The van der Waals surface area contributed by atoms with Crippen molar-refractivity contribution in [3.63, 3.8) is 0 Å². The SMILES string of the molecule is CCN(CCNC(=O)c1ccccc1SC(C)C)C1CC1. The number of amides is 1. The summed E-state index contributed by atoms with van der Waals surface area (Å²) in [7, 11) is 0. The van der Waals surface area contributed by atoms with Gasteiger partial charge in [0, 0.05) is 29.3 Å². The molecule has 0 aliphatic heterocycles. The van der Waals surface area contributed by atoms with Crippen LogP contribution in [0.1, 0.15) is 44.0 Å². The second kappa shape index (κ2) is 7.85. The van der Waals surface area contributed by atoms with Gasteiger partial charge in [-0.1, -0.05) is 32.9 Å². The third-order valence-electron chi connectivity index (χ3n) is 3.65. The number of nitrogens with one attached hydrogen (secondary N) is 1. The number of carbonyl (C=O) groups excluding carboxylic acids is 1. The standard InChI is InChI=1S/C17H26N2OS/c1-4-19(14-9-10-14)12-11-18-17(20)15-7-5-6-8-16(15)21-13(2)3/h5-8,13-14H,4,9-12H2,1-3H3,(H,18,20). The predicted octanol–water partition coefficient (Wildman–Crippen LogP) is 3.40. The molecule has 1 N–H and O–H groups in total. The molecule has 0 saturated heterocycles. The third kappa shape index (κ3) is 5.04. The summed E-state index contributed by atoms with van der Waals surface area (Å²) < 4.78 is 0. The van der Waals surface area contributed by atoms with Crippen molar-refractivity contribution in [1.82, 2.24) is 10.2 Å². The summed E-state index contributed by atoms with van der Waals surface area (Å²) in [5, 5.41) is 3.54. The highest BCUT2D eigenvalue weighted by molar-refractivity contribution is 8.00. The fourth-order valence-corrected chi connectivity index (χ4v) is 3.41. The first kappa shape index (κ1) is 16.4. The maximum absolute atomic E-state index is 12.4. The van der Waals surface area contributed by atoms with E-state index in [4.69, 9.17) is 0 Å². The van der Waals surface area contributed by atoms with Crippen LogP contribution in [-0.2, 0) is 0 Å². The second-order valence-electron chi connectivity index (χ2n) is 5.78. The normalized spacial score (nSPS) is 14.7. The average molecular weight is 306 g/mol. The molecule has 1 aliphatic carbocycles. The Labute approximate surface area is 132 Å². The molecule has 1 saturated carbocycles. The molecule has 1 aromatic rings. The van der Waals surface area contributed by atoms with Crippen LogP contribution >= 0.6 is 11.8 Å². The van der Waals surface area contributed by atoms with Crippen molar-refractivity contribution in [3.05, 3.63) is 29.8 Å². The highest BCUT2D eigenvalue weighted by Crippen LogP contribution is 2.27. The van der Waals surface area contributed by atoms with Gasteiger partial charge in [0.25, 0.3) is 5.91 Å². The van der Waals surface area contributed by atoms with E-state index in [2.05, 4.69) is 31.0 Å². The van der Waals surface area contributed by atoms with Gasteiger partial charge in [0.2, 0.25) is 0 Å². The molecular formula is C17H26N2OS. The Bertz CT molecular complexity index is 472. The number of hydrogen-bond acceptors (Lipinski definition) is 3. The van der Waals surface area contributed by atoms with Gasteiger partial charge in [0.1, 0.15) is 0 Å². The van der Waals surface area contributed by atoms with Crippen molar-refractivity contribution in [2.45, 2.75) is 49.8 Å². The van der Waals surface area contributed by atoms with Crippen LogP contribution < -0.4 is 5.32 Å². The lowest BCUT2D eigenvalue weighted by Gasteiger charge is -2.20. The number of hydrogen-bond donors (Lipinski definition) is 1. The first-order valence-corrected chi connectivity index (χ1v) is 8.77. The minimum absolute atomic E-state index is 0.0469. The fourth-order valence-electron chi connectivity index (χ4n) is 2.46. The Morgan fingerprint density at radius 1 is 1.38 bits per heavy atom. The first-order chi connectivity index (χ1) is 10.1. The van der Waals surface area contributed by atoms with Crippen LogP contribution in [-0.4, -0.2) is 41.7 Å². The first-order valence-electron chi connectivity index (χ1n) is 7.89. The summed E-state index contributed by atoms with van der Waals surface area (Å²) in [5.41, 5.74) is 0.797. The molecule has 3 nitrogen and oxygen atoms in total. The summed E-state index contributed by atoms with van der Waals surface area (Å²) in [4.78, 5) is 15.9. The molecule has 0 unspecified atom stereocenters. The minimum atomic E-state index is 0.0469. The molecule has 1 aliphatic rings. The monoisotopic (exact) mass is 306 g/mol. The van der Waals surface area contributed by atoms with E-state index >= 15 is 0 Å². The molecule has 2 rings (SSSR count). The Morgan fingerprint density at radius 2 is 2.10 bits per heavy atom. The van der Waals surface area contributed by atoms with Crippen LogP contribution in [0.4, 0.5) is 0 Å². The molecule has 0 heterocycles. The van der Waals surface area contributed by atoms with Crippen molar-refractivity contribution < 1.29 is 4.79 Å². The predicted molar refractivity (Wildman–Crippen MR) is 90.0 cm³/mol. The van der Waals surface area contributed by atoms with Gasteiger partial charge in [-0.2, -0.15) is 0 Å². The number of benzene rings is 1. The number of rotatable bonds is 8. The van der Waals surface area contributed by atoms with Crippen molar-refractivity contribution in [2.75, 3.05) is 19.6 Å². The largest absolute Gasteiger partial charge is 0.351 e. The maximum atomic E-state index is 12.4. The zero-order chi connectivity index (χ0) is 15.2. The van der Waals surface area contributed by atoms with E-state index in [-0.39, 0.29) is 5.91 Å². The van der Waals surface area contributed by atoms with Gasteiger partial charge < -0.3 is 5.32 Å². The van der Waals surface area contributed by atoms with Crippen molar-refractivity contribution in [1.29, 1.82) is 0 Å².